The molecule has 1 amide bonds. The molecular weight excluding hydrogens is 406 g/mol. The number of primary amides is 1. The molecule has 3 N–H and O–H groups in total. The van der Waals surface area contributed by atoms with Crippen molar-refractivity contribution in [2.75, 3.05) is 25.5 Å². The van der Waals surface area contributed by atoms with Crippen LogP contribution in [0.15, 0.2) is 54.9 Å². The summed E-state index contributed by atoms with van der Waals surface area (Å²) < 4.78 is 6.99. The largest absolute Gasteiger partial charge is 0.481 e. The third kappa shape index (κ3) is 3.97. The molecule has 0 atom stereocenters. The van der Waals surface area contributed by atoms with Gasteiger partial charge in [-0.05, 0) is 47.9 Å². The number of nitrogens with two attached hydrogens (primary N) is 1. The second-order valence-electron chi connectivity index (χ2n) is 7.76. The molecule has 0 saturated carbocycles. The molecule has 1 aliphatic rings. The van der Waals surface area contributed by atoms with Gasteiger partial charge < -0.3 is 15.8 Å². The van der Waals surface area contributed by atoms with Gasteiger partial charge in [0.05, 0.1) is 31.1 Å². The number of nitrogens with zero attached hydrogens (tertiary/aromatic N) is 5. The molecule has 1 aliphatic heterocycles. The molecule has 9 heteroatoms. The summed E-state index contributed by atoms with van der Waals surface area (Å²) in [6.45, 7) is 1.82. The molecule has 3 aromatic heterocycles. The number of hydrogen-bond acceptors (Lipinski definition) is 7. The van der Waals surface area contributed by atoms with Crippen molar-refractivity contribution in [3.63, 3.8) is 0 Å². The first kappa shape index (κ1) is 20.0. The maximum atomic E-state index is 11.2. The average molecular weight is 429 g/mol. The molecule has 4 aromatic rings. The van der Waals surface area contributed by atoms with Crippen molar-refractivity contribution in [2.24, 2.45) is 5.73 Å². The molecule has 0 aliphatic carbocycles. The van der Waals surface area contributed by atoms with Crippen LogP contribution in [-0.2, 0) is 17.8 Å². The van der Waals surface area contributed by atoms with E-state index in [0.717, 1.165) is 42.0 Å². The van der Waals surface area contributed by atoms with Crippen LogP contribution in [0.3, 0.4) is 0 Å². The van der Waals surface area contributed by atoms with Gasteiger partial charge in [0.15, 0.2) is 0 Å². The van der Waals surface area contributed by atoms with E-state index in [1.807, 2.05) is 34.8 Å². The number of methoxy groups -OCH3 is 1. The van der Waals surface area contributed by atoms with Gasteiger partial charge >= 0.3 is 0 Å². The van der Waals surface area contributed by atoms with Crippen LogP contribution < -0.4 is 15.8 Å². The second kappa shape index (κ2) is 8.27. The predicted molar refractivity (Wildman–Crippen MR) is 121 cm³/mol. The summed E-state index contributed by atoms with van der Waals surface area (Å²) in [6, 6.07) is 13.9. The maximum Gasteiger partial charge on any atom is 0.245 e. The summed E-state index contributed by atoms with van der Waals surface area (Å²) in [5.41, 5.74) is 11.5. The van der Waals surface area contributed by atoms with Crippen molar-refractivity contribution in [2.45, 2.75) is 13.0 Å². The van der Waals surface area contributed by atoms with Crippen LogP contribution in [0.2, 0.25) is 0 Å². The molecule has 5 rings (SSSR count). The minimum atomic E-state index is -0.297. The normalized spacial score (nSPS) is 13.7. The van der Waals surface area contributed by atoms with Crippen LogP contribution in [-0.4, -0.2) is 50.6 Å². The monoisotopic (exact) mass is 429 g/mol. The molecule has 0 bridgehead atoms. The summed E-state index contributed by atoms with van der Waals surface area (Å²) in [7, 11) is 1.59. The van der Waals surface area contributed by atoms with Crippen LogP contribution in [0.1, 0.15) is 11.1 Å². The Hall–Kier alpha value is -3.98. The third-order valence-electron chi connectivity index (χ3n) is 5.57. The number of aromatic nitrogens is 4. The van der Waals surface area contributed by atoms with Gasteiger partial charge in [0.25, 0.3) is 0 Å². The van der Waals surface area contributed by atoms with Crippen molar-refractivity contribution in [1.82, 2.24) is 24.5 Å². The molecule has 4 heterocycles. The van der Waals surface area contributed by atoms with E-state index >= 15 is 0 Å². The summed E-state index contributed by atoms with van der Waals surface area (Å²) >= 11 is 0. The molecule has 1 aromatic carbocycles. The predicted octanol–water partition coefficient (Wildman–Crippen LogP) is 2.39. The topological polar surface area (TPSA) is 111 Å². The van der Waals surface area contributed by atoms with Crippen LogP contribution in [0.25, 0.3) is 16.8 Å². The van der Waals surface area contributed by atoms with Crippen molar-refractivity contribution < 1.29 is 9.53 Å². The fourth-order valence-corrected chi connectivity index (χ4v) is 4.00. The van der Waals surface area contributed by atoms with Gasteiger partial charge in [-0.15, -0.1) is 5.10 Å². The van der Waals surface area contributed by atoms with Crippen LogP contribution in [0.5, 0.6) is 5.88 Å². The summed E-state index contributed by atoms with van der Waals surface area (Å²) in [5.74, 6) is 0.772. The highest BCUT2D eigenvalue weighted by Crippen LogP contribution is 2.25. The fourth-order valence-electron chi connectivity index (χ4n) is 4.00. The van der Waals surface area contributed by atoms with E-state index in [0.29, 0.717) is 11.8 Å². The zero-order valence-electron chi connectivity index (χ0n) is 17.7. The fraction of sp³-hybridized carbons (Fsp3) is 0.217. The van der Waals surface area contributed by atoms with Crippen molar-refractivity contribution in [1.29, 1.82) is 0 Å². The minimum Gasteiger partial charge on any atom is -0.481 e. The number of nitrogens with one attached hydrogen (secondary N) is 1. The van der Waals surface area contributed by atoms with Crippen LogP contribution in [0, 0.1) is 0 Å². The first-order valence-electron chi connectivity index (χ1n) is 10.3. The van der Waals surface area contributed by atoms with Crippen molar-refractivity contribution >= 4 is 23.1 Å². The Labute approximate surface area is 184 Å². The van der Waals surface area contributed by atoms with Gasteiger partial charge in [-0.2, -0.15) is 0 Å². The number of hydrogen-bond donors (Lipinski definition) is 2. The van der Waals surface area contributed by atoms with Gasteiger partial charge in [-0.3, -0.25) is 9.69 Å². The number of anilines is 2. The van der Waals surface area contributed by atoms with E-state index in [1.54, 1.807) is 19.5 Å². The van der Waals surface area contributed by atoms with Gasteiger partial charge in [0.1, 0.15) is 0 Å². The van der Waals surface area contributed by atoms with E-state index in [9.17, 15) is 4.79 Å². The third-order valence-corrected chi connectivity index (χ3v) is 5.57. The lowest BCUT2D eigenvalue weighted by atomic mass is 9.99. The SMILES string of the molecule is COc1ccc(-c2ccc3cnc(Nc4ccc5c(c4)CCN(CC(N)=O)C5)nn23)cn1. The number of benzene rings is 1. The number of ether oxygens (including phenoxy) is 1. The number of pyridine rings is 1. The number of fused-ring (bicyclic) bond motifs is 2. The van der Waals surface area contributed by atoms with Crippen LogP contribution in [0.4, 0.5) is 11.6 Å². The lowest BCUT2D eigenvalue weighted by Gasteiger charge is -2.27. The standard InChI is InChI=1S/C23H23N7O2/c1-32-22-7-3-16(11-25-22)20-6-5-19-12-26-23(28-30(19)20)27-18-4-2-17-13-29(14-21(24)31)9-8-15(17)10-18/h2-7,10-12H,8-9,13-14H2,1H3,(H2,24,31)(H,27,28). The highest BCUT2D eigenvalue weighted by atomic mass is 16.5. The van der Waals surface area contributed by atoms with Crippen molar-refractivity contribution in [3.8, 4) is 17.1 Å². The Balaban J connectivity index is 1.38. The van der Waals surface area contributed by atoms with Crippen LogP contribution >= 0.6 is 0 Å². The van der Waals surface area contributed by atoms with Gasteiger partial charge in [0, 0.05) is 36.6 Å². The lowest BCUT2D eigenvalue weighted by Crippen LogP contribution is -2.37. The number of carbonyl (C=O) groups is 1. The van der Waals surface area contributed by atoms with E-state index in [-0.39, 0.29) is 12.5 Å². The van der Waals surface area contributed by atoms with Gasteiger partial charge in [-0.1, -0.05) is 6.07 Å². The number of carbonyl (C=O) groups excluding carboxylic acids is 1. The summed E-state index contributed by atoms with van der Waals surface area (Å²) in [6.07, 6.45) is 4.42. The van der Waals surface area contributed by atoms with Gasteiger partial charge in [0.2, 0.25) is 17.7 Å². The average Bonchev–Trinajstić information content (AvgIpc) is 3.22. The Morgan fingerprint density at radius 1 is 1.12 bits per heavy atom. The summed E-state index contributed by atoms with van der Waals surface area (Å²) in [5, 5.41) is 7.99. The second-order valence-corrected chi connectivity index (χ2v) is 7.76. The Morgan fingerprint density at radius 3 is 2.81 bits per heavy atom. The zero-order chi connectivity index (χ0) is 22.1. The van der Waals surface area contributed by atoms with E-state index in [2.05, 4.69) is 37.4 Å². The molecule has 0 saturated heterocycles. The number of amides is 1. The highest BCUT2D eigenvalue weighted by molar-refractivity contribution is 5.76. The molecule has 0 unspecified atom stereocenters. The Morgan fingerprint density at radius 2 is 2.03 bits per heavy atom. The zero-order valence-corrected chi connectivity index (χ0v) is 17.7. The smallest absolute Gasteiger partial charge is 0.245 e. The Bertz CT molecular complexity index is 1280. The first-order valence-corrected chi connectivity index (χ1v) is 10.3. The quantitative estimate of drug-likeness (QED) is 0.484. The van der Waals surface area contributed by atoms with E-state index in [1.165, 1.54) is 11.1 Å². The molecule has 9 nitrogen and oxygen atoms in total. The van der Waals surface area contributed by atoms with E-state index in [4.69, 9.17) is 10.5 Å². The van der Waals surface area contributed by atoms with E-state index < -0.39 is 0 Å². The molecule has 162 valence electrons. The maximum absolute atomic E-state index is 11.2. The van der Waals surface area contributed by atoms with Gasteiger partial charge in [-0.25, -0.2) is 14.5 Å². The Kier molecular flexibility index (Phi) is 5.16. The molecule has 32 heavy (non-hydrogen) atoms. The van der Waals surface area contributed by atoms with Crippen molar-refractivity contribution in [3.05, 3.63) is 66.0 Å². The highest BCUT2D eigenvalue weighted by Gasteiger charge is 2.18. The number of rotatable bonds is 6. The lowest BCUT2D eigenvalue weighted by molar-refractivity contribution is -0.119. The first-order chi connectivity index (χ1) is 15.6. The molecular formula is C23H23N7O2. The minimum absolute atomic E-state index is 0.288. The molecule has 0 radical (unpaired) electrons. The summed E-state index contributed by atoms with van der Waals surface area (Å²) in [4.78, 5) is 22.0. The molecule has 0 fully saturated rings. The molecule has 0 spiro atoms.